The van der Waals surface area contributed by atoms with Crippen molar-refractivity contribution in [3.8, 4) is 11.8 Å². The zero-order chi connectivity index (χ0) is 12.8. The molecule has 2 rings (SSSR count). The first kappa shape index (κ1) is 12.0. The summed E-state index contributed by atoms with van der Waals surface area (Å²) in [5, 5.41) is 9.43. The number of nitrogens with zero attached hydrogens (tertiary/aromatic N) is 1. The van der Waals surface area contributed by atoms with Crippen molar-refractivity contribution >= 4 is 0 Å². The Bertz CT molecular complexity index is 513. The summed E-state index contributed by atoms with van der Waals surface area (Å²) in [7, 11) is 1.70. The van der Waals surface area contributed by atoms with E-state index >= 15 is 0 Å². The first-order valence-corrected chi connectivity index (χ1v) is 6.04. The average Bonchev–Trinajstić information content (AvgIpc) is 2.96. The topological polar surface area (TPSA) is 33.0 Å². The van der Waals surface area contributed by atoms with Crippen molar-refractivity contribution < 1.29 is 4.74 Å². The highest BCUT2D eigenvalue weighted by molar-refractivity contribution is 5.55. The molecule has 2 atom stereocenters. The third-order valence-corrected chi connectivity index (χ3v) is 4.22. The fourth-order valence-electron chi connectivity index (χ4n) is 2.85. The fraction of sp³-hybridized carbons (Fsp3) is 0.533. The molecule has 0 heterocycles. The van der Waals surface area contributed by atoms with Gasteiger partial charge in [-0.3, -0.25) is 0 Å². The van der Waals surface area contributed by atoms with Gasteiger partial charge in [-0.2, -0.15) is 5.26 Å². The van der Waals surface area contributed by atoms with Gasteiger partial charge in [0.2, 0.25) is 0 Å². The van der Waals surface area contributed by atoms with E-state index in [-0.39, 0.29) is 5.41 Å². The maximum Gasteiger partial charge on any atom is 0.124 e. The Kier molecular flexibility index (Phi) is 2.66. The minimum Gasteiger partial charge on any atom is -0.496 e. The van der Waals surface area contributed by atoms with E-state index in [1.54, 1.807) is 7.11 Å². The minimum absolute atomic E-state index is 0.244. The van der Waals surface area contributed by atoms with Gasteiger partial charge in [-0.05, 0) is 55.4 Å². The number of hydrogen-bond donors (Lipinski definition) is 0. The Morgan fingerprint density at radius 2 is 1.94 bits per heavy atom. The standard InChI is InChI=1S/C15H19NO/c1-9-6-13(15(8-16)7-10(15)2)11(3)12(4)14(9)17-5/h6,10H,7H2,1-5H3. The van der Waals surface area contributed by atoms with Crippen molar-refractivity contribution in [2.45, 2.75) is 39.5 Å². The molecular formula is C15H19NO. The van der Waals surface area contributed by atoms with Gasteiger partial charge in [0.15, 0.2) is 0 Å². The van der Waals surface area contributed by atoms with Gasteiger partial charge in [-0.15, -0.1) is 0 Å². The van der Waals surface area contributed by atoms with Gasteiger partial charge in [-0.1, -0.05) is 13.0 Å². The Hall–Kier alpha value is -1.49. The van der Waals surface area contributed by atoms with E-state index in [9.17, 15) is 5.26 Å². The molecule has 0 aromatic heterocycles. The zero-order valence-electron chi connectivity index (χ0n) is 11.2. The van der Waals surface area contributed by atoms with E-state index in [4.69, 9.17) is 4.74 Å². The second-order valence-electron chi connectivity index (χ2n) is 5.21. The number of methoxy groups -OCH3 is 1. The molecule has 0 bridgehead atoms. The van der Waals surface area contributed by atoms with Gasteiger partial charge >= 0.3 is 0 Å². The Morgan fingerprint density at radius 1 is 1.35 bits per heavy atom. The van der Waals surface area contributed by atoms with Crippen molar-refractivity contribution in [2.24, 2.45) is 5.92 Å². The minimum atomic E-state index is -0.244. The number of rotatable bonds is 2. The molecule has 2 unspecified atom stereocenters. The molecule has 1 aromatic rings. The van der Waals surface area contributed by atoms with Crippen LogP contribution in [0.1, 0.15) is 35.6 Å². The van der Waals surface area contributed by atoms with E-state index in [1.165, 1.54) is 11.1 Å². The summed E-state index contributed by atoms with van der Waals surface area (Å²) in [4.78, 5) is 0. The molecule has 0 radical (unpaired) electrons. The number of ether oxygens (including phenoxy) is 1. The van der Waals surface area contributed by atoms with Crippen molar-refractivity contribution in [3.63, 3.8) is 0 Å². The first-order chi connectivity index (χ1) is 7.97. The summed E-state index contributed by atoms with van der Waals surface area (Å²) in [6.07, 6.45) is 0.982. The van der Waals surface area contributed by atoms with Crippen LogP contribution in [0.4, 0.5) is 0 Å². The molecule has 90 valence electrons. The van der Waals surface area contributed by atoms with Gasteiger partial charge in [-0.25, -0.2) is 0 Å². The van der Waals surface area contributed by atoms with Crippen molar-refractivity contribution in [1.82, 2.24) is 0 Å². The number of benzene rings is 1. The van der Waals surface area contributed by atoms with Crippen LogP contribution >= 0.6 is 0 Å². The monoisotopic (exact) mass is 229 g/mol. The molecule has 1 aliphatic rings. The number of aryl methyl sites for hydroxylation is 1. The maximum absolute atomic E-state index is 9.43. The van der Waals surface area contributed by atoms with Crippen LogP contribution in [0.3, 0.4) is 0 Å². The molecule has 0 saturated heterocycles. The van der Waals surface area contributed by atoms with Crippen molar-refractivity contribution in [3.05, 3.63) is 28.3 Å². The summed E-state index contributed by atoms with van der Waals surface area (Å²) in [6, 6.07) is 4.64. The predicted octanol–water partition coefficient (Wildman–Crippen LogP) is 3.42. The fourth-order valence-corrected chi connectivity index (χ4v) is 2.85. The Balaban J connectivity index is 2.63. The molecule has 1 saturated carbocycles. The molecule has 1 aromatic carbocycles. The smallest absolute Gasteiger partial charge is 0.124 e. The summed E-state index contributed by atoms with van der Waals surface area (Å²) in [6.45, 7) is 8.37. The van der Waals surface area contributed by atoms with Gasteiger partial charge in [0.05, 0.1) is 18.6 Å². The second-order valence-corrected chi connectivity index (χ2v) is 5.21. The Labute approximate surface area is 103 Å². The van der Waals surface area contributed by atoms with Crippen LogP contribution in [0.5, 0.6) is 5.75 Å². The third kappa shape index (κ3) is 1.53. The van der Waals surface area contributed by atoms with Crippen LogP contribution in [0.15, 0.2) is 6.07 Å². The molecule has 1 aliphatic carbocycles. The lowest BCUT2D eigenvalue weighted by atomic mass is 9.87. The van der Waals surface area contributed by atoms with Crippen molar-refractivity contribution in [1.29, 1.82) is 5.26 Å². The van der Waals surface area contributed by atoms with E-state index in [0.717, 1.165) is 23.3 Å². The molecule has 17 heavy (non-hydrogen) atoms. The normalized spacial score (nSPS) is 26.5. The van der Waals surface area contributed by atoms with E-state index < -0.39 is 0 Å². The van der Waals surface area contributed by atoms with E-state index in [0.29, 0.717) is 5.92 Å². The largest absolute Gasteiger partial charge is 0.496 e. The van der Waals surface area contributed by atoms with Crippen LogP contribution < -0.4 is 4.74 Å². The molecule has 2 heteroatoms. The van der Waals surface area contributed by atoms with E-state index in [1.807, 2.05) is 6.92 Å². The molecule has 0 amide bonds. The molecular weight excluding hydrogens is 210 g/mol. The number of hydrogen-bond acceptors (Lipinski definition) is 2. The van der Waals surface area contributed by atoms with Crippen LogP contribution in [0.25, 0.3) is 0 Å². The second kappa shape index (κ2) is 3.77. The summed E-state index contributed by atoms with van der Waals surface area (Å²) in [5.74, 6) is 1.42. The highest BCUT2D eigenvalue weighted by atomic mass is 16.5. The molecule has 0 N–H and O–H groups in total. The SMILES string of the molecule is COc1c(C)cc(C2(C#N)CC2C)c(C)c1C. The van der Waals surface area contributed by atoms with Gasteiger partial charge in [0.1, 0.15) is 5.75 Å². The van der Waals surface area contributed by atoms with Gasteiger partial charge < -0.3 is 4.74 Å². The average molecular weight is 229 g/mol. The molecule has 0 spiro atoms. The van der Waals surface area contributed by atoms with E-state index in [2.05, 4.69) is 32.9 Å². The van der Waals surface area contributed by atoms with Gasteiger partial charge in [0.25, 0.3) is 0 Å². The highest BCUT2D eigenvalue weighted by Gasteiger charge is 2.54. The third-order valence-electron chi connectivity index (χ3n) is 4.22. The first-order valence-electron chi connectivity index (χ1n) is 6.04. The summed E-state index contributed by atoms with van der Waals surface area (Å²) < 4.78 is 5.42. The predicted molar refractivity (Wildman–Crippen MR) is 68.3 cm³/mol. The number of nitriles is 1. The highest BCUT2D eigenvalue weighted by Crippen LogP contribution is 2.55. The van der Waals surface area contributed by atoms with Crippen LogP contribution in [-0.2, 0) is 5.41 Å². The maximum atomic E-state index is 9.43. The van der Waals surface area contributed by atoms with Crippen LogP contribution in [0.2, 0.25) is 0 Å². The molecule has 0 aliphatic heterocycles. The zero-order valence-corrected chi connectivity index (χ0v) is 11.2. The summed E-state index contributed by atoms with van der Waals surface area (Å²) >= 11 is 0. The lowest BCUT2D eigenvalue weighted by Gasteiger charge is -2.18. The summed E-state index contributed by atoms with van der Waals surface area (Å²) in [5.41, 5.74) is 4.45. The molecule has 1 fully saturated rings. The van der Waals surface area contributed by atoms with Crippen LogP contribution in [0, 0.1) is 38.0 Å². The Morgan fingerprint density at radius 3 is 2.35 bits per heavy atom. The lowest BCUT2D eigenvalue weighted by molar-refractivity contribution is 0.407. The van der Waals surface area contributed by atoms with Gasteiger partial charge in [0, 0.05) is 0 Å². The van der Waals surface area contributed by atoms with Crippen LogP contribution in [-0.4, -0.2) is 7.11 Å². The quantitative estimate of drug-likeness (QED) is 0.778. The van der Waals surface area contributed by atoms with Crippen molar-refractivity contribution in [2.75, 3.05) is 7.11 Å². The molecule has 2 nitrogen and oxygen atoms in total. The lowest BCUT2D eigenvalue weighted by Crippen LogP contribution is -2.10.